The number of rotatable bonds is 3. The van der Waals surface area contributed by atoms with Crippen LogP contribution in [0.5, 0.6) is 0 Å². The largest absolute Gasteiger partial charge is 0.334 e. The number of carbonyl (C=O) groups excluding carboxylic acids is 1. The number of hydrogen-bond acceptors (Lipinski definition) is 4. The molecule has 0 spiro atoms. The Bertz CT molecular complexity index is 830. The zero-order valence-corrected chi connectivity index (χ0v) is 12.5. The van der Waals surface area contributed by atoms with Crippen LogP contribution in [0.25, 0.3) is 11.5 Å². The fourth-order valence-corrected chi connectivity index (χ4v) is 2.17. The number of benzene rings is 2. The van der Waals surface area contributed by atoms with Gasteiger partial charge in [0.1, 0.15) is 0 Å². The Labute approximate surface area is 131 Å². The quantitative estimate of drug-likeness (QED) is 0.795. The van der Waals surface area contributed by atoms with Crippen molar-refractivity contribution in [3.05, 3.63) is 64.9 Å². The summed E-state index contributed by atoms with van der Waals surface area (Å²) in [7, 11) is 0. The van der Waals surface area contributed by atoms with Crippen molar-refractivity contribution in [2.75, 3.05) is 5.32 Å². The van der Waals surface area contributed by atoms with Crippen LogP contribution in [0.15, 0.2) is 53.1 Å². The van der Waals surface area contributed by atoms with Gasteiger partial charge in [-0.2, -0.15) is 4.98 Å². The van der Waals surface area contributed by atoms with Crippen molar-refractivity contribution in [3.63, 3.8) is 0 Å². The Morgan fingerprint density at radius 2 is 2.00 bits per heavy atom. The van der Waals surface area contributed by atoms with Gasteiger partial charge in [0.2, 0.25) is 0 Å². The van der Waals surface area contributed by atoms with Crippen molar-refractivity contribution < 1.29 is 9.32 Å². The maximum atomic E-state index is 12.2. The number of hydrogen-bond donors (Lipinski definition) is 1. The third kappa shape index (κ3) is 3.15. The molecule has 3 aromatic rings. The minimum atomic E-state index is -0.235. The number of anilines is 1. The Morgan fingerprint density at radius 3 is 2.73 bits per heavy atom. The highest BCUT2D eigenvalue weighted by molar-refractivity contribution is 6.31. The minimum absolute atomic E-state index is 0.235. The summed E-state index contributed by atoms with van der Waals surface area (Å²) in [6, 6.07) is 14.0. The van der Waals surface area contributed by atoms with Gasteiger partial charge in [-0.15, -0.1) is 0 Å². The van der Waals surface area contributed by atoms with Gasteiger partial charge < -0.3 is 9.84 Å². The summed E-state index contributed by atoms with van der Waals surface area (Å²) >= 11 is 5.89. The number of halogens is 1. The lowest BCUT2D eigenvalue weighted by Gasteiger charge is -2.06. The lowest BCUT2D eigenvalue weighted by molar-refractivity contribution is 0.102. The van der Waals surface area contributed by atoms with Crippen LogP contribution >= 0.6 is 11.6 Å². The number of nitrogens with zero attached hydrogens (tertiary/aromatic N) is 2. The van der Waals surface area contributed by atoms with E-state index in [2.05, 4.69) is 15.5 Å². The number of aryl methyl sites for hydroxylation is 1. The maximum Gasteiger partial charge on any atom is 0.257 e. The van der Waals surface area contributed by atoms with E-state index >= 15 is 0 Å². The van der Waals surface area contributed by atoms with Gasteiger partial charge in [0.05, 0.1) is 0 Å². The molecule has 0 aliphatic carbocycles. The van der Waals surface area contributed by atoms with Crippen LogP contribution in [0.4, 0.5) is 5.69 Å². The first kappa shape index (κ1) is 14.3. The summed E-state index contributed by atoms with van der Waals surface area (Å²) in [5, 5.41) is 7.08. The highest BCUT2D eigenvalue weighted by atomic mass is 35.5. The smallest absolute Gasteiger partial charge is 0.257 e. The van der Waals surface area contributed by atoms with Gasteiger partial charge in [0, 0.05) is 21.8 Å². The molecule has 0 bridgehead atoms. The van der Waals surface area contributed by atoms with Crippen LogP contribution in [0.1, 0.15) is 16.2 Å². The minimum Gasteiger partial charge on any atom is -0.334 e. The van der Waals surface area contributed by atoms with Gasteiger partial charge >= 0.3 is 0 Å². The lowest BCUT2D eigenvalue weighted by atomic mass is 10.1. The number of nitrogens with one attached hydrogen (secondary N) is 1. The van der Waals surface area contributed by atoms with Gasteiger partial charge in [-0.25, -0.2) is 0 Å². The Balaban J connectivity index is 1.82. The first-order valence-electron chi connectivity index (χ1n) is 6.59. The SMILES string of the molecule is Cc1noc(-c2cccc(NC(=O)c3cccc(Cl)c3)c2)n1. The van der Waals surface area contributed by atoms with Crippen LogP contribution in [0.3, 0.4) is 0 Å². The van der Waals surface area contributed by atoms with Crippen LogP contribution < -0.4 is 5.32 Å². The van der Waals surface area contributed by atoms with Crippen molar-refractivity contribution in [3.8, 4) is 11.5 Å². The molecule has 0 saturated heterocycles. The normalized spacial score (nSPS) is 10.5. The molecule has 110 valence electrons. The first-order valence-corrected chi connectivity index (χ1v) is 6.97. The average Bonchev–Trinajstić information content (AvgIpc) is 2.94. The highest BCUT2D eigenvalue weighted by Gasteiger charge is 2.10. The summed E-state index contributed by atoms with van der Waals surface area (Å²) in [5.74, 6) is 0.737. The third-order valence-electron chi connectivity index (χ3n) is 2.98. The van der Waals surface area contributed by atoms with Crippen LogP contribution in [-0.2, 0) is 0 Å². The number of amides is 1. The maximum absolute atomic E-state index is 12.2. The van der Waals surface area contributed by atoms with Gasteiger partial charge in [-0.3, -0.25) is 4.79 Å². The molecule has 3 rings (SSSR count). The number of aromatic nitrogens is 2. The van der Waals surface area contributed by atoms with E-state index in [0.29, 0.717) is 28.0 Å². The molecule has 0 radical (unpaired) electrons. The monoisotopic (exact) mass is 313 g/mol. The van der Waals surface area contributed by atoms with Crippen molar-refractivity contribution in [2.24, 2.45) is 0 Å². The molecule has 1 aromatic heterocycles. The fraction of sp³-hybridized carbons (Fsp3) is 0.0625. The second-order valence-electron chi connectivity index (χ2n) is 4.69. The van der Waals surface area contributed by atoms with Crippen molar-refractivity contribution in [1.82, 2.24) is 10.1 Å². The molecule has 2 aromatic carbocycles. The van der Waals surface area contributed by atoms with Gasteiger partial charge in [0.15, 0.2) is 5.82 Å². The van der Waals surface area contributed by atoms with Gasteiger partial charge in [0.25, 0.3) is 11.8 Å². The van der Waals surface area contributed by atoms with E-state index in [4.69, 9.17) is 16.1 Å². The van der Waals surface area contributed by atoms with Crippen LogP contribution in [0, 0.1) is 6.92 Å². The topological polar surface area (TPSA) is 68.0 Å². The second-order valence-corrected chi connectivity index (χ2v) is 5.13. The Morgan fingerprint density at radius 1 is 1.18 bits per heavy atom. The van der Waals surface area contributed by atoms with Gasteiger partial charge in [-0.05, 0) is 43.3 Å². The van der Waals surface area contributed by atoms with E-state index in [-0.39, 0.29) is 5.91 Å². The van der Waals surface area contributed by atoms with E-state index < -0.39 is 0 Å². The molecule has 0 fully saturated rings. The van der Waals surface area contributed by atoms with E-state index in [1.807, 2.05) is 12.1 Å². The first-order chi connectivity index (χ1) is 10.6. The molecular formula is C16H12ClN3O2. The van der Waals surface area contributed by atoms with E-state index in [1.165, 1.54) is 0 Å². The second kappa shape index (κ2) is 5.99. The molecule has 22 heavy (non-hydrogen) atoms. The summed E-state index contributed by atoms with van der Waals surface area (Å²) in [4.78, 5) is 16.4. The Kier molecular flexibility index (Phi) is 3.89. The molecule has 1 heterocycles. The Hall–Kier alpha value is -2.66. The summed E-state index contributed by atoms with van der Waals surface area (Å²) in [6.07, 6.45) is 0. The predicted octanol–water partition coefficient (Wildman–Crippen LogP) is 3.95. The molecule has 0 aliphatic heterocycles. The third-order valence-corrected chi connectivity index (χ3v) is 3.22. The molecular weight excluding hydrogens is 302 g/mol. The molecule has 0 unspecified atom stereocenters. The average molecular weight is 314 g/mol. The van der Waals surface area contributed by atoms with Gasteiger partial charge in [-0.1, -0.05) is 28.9 Å². The van der Waals surface area contributed by atoms with Crippen molar-refractivity contribution in [1.29, 1.82) is 0 Å². The molecule has 5 nitrogen and oxygen atoms in total. The molecule has 1 N–H and O–H groups in total. The van der Waals surface area contributed by atoms with Crippen molar-refractivity contribution in [2.45, 2.75) is 6.92 Å². The molecule has 0 atom stereocenters. The fourth-order valence-electron chi connectivity index (χ4n) is 1.98. The lowest BCUT2D eigenvalue weighted by Crippen LogP contribution is -2.11. The summed E-state index contributed by atoms with van der Waals surface area (Å²) < 4.78 is 5.12. The summed E-state index contributed by atoms with van der Waals surface area (Å²) in [6.45, 7) is 1.75. The molecule has 6 heteroatoms. The summed E-state index contributed by atoms with van der Waals surface area (Å²) in [5.41, 5.74) is 1.87. The number of carbonyl (C=O) groups is 1. The van der Waals surface area contributed by atoms with E-state index in [0.717, 1.165) is 5.56 Å². The van der Waals surface area contributed by atoms with E-state index in [1.54, 1.807) is 43.3 Å². The molecule has 0 saturated carbocycles. The molecule has 1 amide bonds. The standard InChI is InChI=1S/C16H12ClN3O2/c1-10-18-16(22-20-10)12-5-3-7-14(9-12)19-15(21)11-4-2-6-13(17)8-11/h2-9H,1H3,(H,19,21). The van der Waals surface area contributed by atoms with Crippen LogP contribution in [-0.4, -0.2) is 16.0 Å². The zero-order chi connectivity index (χ0) is 15.5. The zero-order valence-electron chi connectivity index (χ0n) is 11.7. The van der Waals surface area contributed by atoms with Crippen molar-refractivity contribution >= 4 is 23.2 Å². The van der Waals surface area contributed by atoms with Crippen LogP contribution in [0.2, 0.25) is 5.02 Å². The highest BCUT2D eigenvalue weighted by Crippen LogP contribution is 2.21. The molecule has 0 aliphatic rings. The van der Waals surface area contributed by atoms with E-state index in [9.17, 15) is 4.79 Å². The predicted molar refractivity (Wildman–Crippen MR) is 83.9 cm³/mol.